The molecule has 1 amide bonds. The van der Waals surface area contributed by atoms with Crippen LogP contribution in [0.3, 0.4) is 0 Å². The van der Waals surface area contributed by atoms with Crippen LogP contribution in [0.1, 0.15) is 36.8 Å². The van der Waals surface area contributed by atoms with Crippen LogP contribution in [0, 0.1) is 0 Å². The molecule has 0 unspecified atom stereocenters. The fourth-order valence-corrected chi connectivity index (χ4v) is 1.49. The van der Waals surface area contributed by atoms with Crippen molar-refractivity contribution in [1.82, 2.24) is 25.1 Å². The van der Waals surface area contributed by atoms with Gasteiger partial charge in [0.1, 0.15) is 5.69 Å². The largest absolute Gasteiger partial charge is 0.364 e. The van der Waals surface area contributed by atoms with Crippen LogP contribution < -0.4 is 11.1 Å². The van der Waals surface area contributed by atoms with Crippen molar-refractivity contribution in [3.63, 3.8) is 0 Å². The summed E-state index contributed by atoms with van der Waals surface area (Å²) < 4.78 is 1.42. The Labute approximate surface area is 117 Å². The first-order chi connectivity index (χ1) is 9.35. The van der Waals surface area contributed by atoms with Gasteiger partial charge in [0.2, 0.25) is 5.95 Å². The Kier molecular flexibility index (Phi) is 3.80. The first-order valence-electron chi connectivity index (χ1n) is 6.27. The summed E-state index contributed by atoms with van der Waals surface area (Å²) in [7, 11) is 0. The van der Waals surface area contributed by atoms with E-state index in [1.54, 1.807) is 18.6 Å². The molecule has 2 heterocycles. The Morgan fingerprint density at radius 2 is 2.00 bits per heavy atom. The highest BCUT2D eigenvalue weighted by atomic mass is 16.1. The number of hydrogen-bond acceptors (Lipinski definition) is 5. The standard InChI is InChI=1S/C13H18N6O/c1-13(2,3)17-8-9-6-15-12(16-7-9)19-5-4-10(18-19)11(14)20/h4-7,17H,8H2,1-3H3,(H2,14,20). The molecule has 20 heavy (non-hydrogen) atoms. The van der Waals surface area contributed by atoms with E-state index in [-0.39, 0.29) is 11.2 Å². The maximum atomic E-state index is 11.0. The van der Waals surface area contributed by atoms with Crippen LogP contribution in [0.25, 0.3) is 5.95 Å². The first-order valence-corrected chi connectivity index (χ1v) is 6.27. The van der Waals surface area contributed by atoms with E-state index in [9.17, 15) is 4.79 Å². The van der Waals surface area contributed by atoms with E-state index in [4.69, 9.17) is 5.73 Å². The number of nitrogens with one attached hydrogen (secondary N) is 1. The molecule has 0 atom stereocenters. The molecule has 0 saturated heterocycles. The molecule has 2 aromatic rings. The van der Waals surface area contributed by atoms with Gasteiger partial charge in [-0.25, -0.2) is 14.6 Å². The van der Waals surface area contributed by atoms with E-state index < -0.39 is 5.91 Å². The zero-order valence-corrected chi connectivity index (χ0v) is 11.8. The first kappa shape index (κ1) is 14.1. The van der Waals surface area contributed by atoms with Gasteiger partial charge in [-0.2, -0.15) is 5.10 Å². The summed E-state index contributed by atoms with van der Waals surface area (Å²) in [6.07, 6.45) is 5.06. The lowest BCUT2D eigenvalue weighted by molar-refractivity contribution is 0.0995. The zero-order chi connectivity index (χ0) is 14.8. The molecule has 2 rings (SSSR count). The fourth-order valence-electron chi connectivity index (χ4n) is 1.49. The van der Waals surface area contributed by atoms with Crippen molar-refractivity contribution in [3.05, 3.63) is 35.9 Å². The molecule has 0 aliphatic heterocycles. The highest BCUT2D eigenvalue weighted by Gasteiger charge is 2.10. The van der Waals surface area contributed by atoms with E-state index in [1.807, 2.05) is 0 Å². The van der Waals surface area contributed by atoms with Crippen LogP contribution >= 0.6 is 0 Å². The summed E-state index contributed by atoms with van der Waals surface area (Å²) in [5.74, 6) is -0.174. The van der Waals surface area contributed by atoms with Gasteiger partial charge in [0.15, 0.2) is 0 Å². The minimum atomic E-state index is -0.574. The number of aromatic nitrogens is 4. The average Bonchev–Trinajstić information content (AvgIpc) is 2.86. The Hall–Kier alpha value is -2.28. The summed E-state index contributed by atoms with van der Waals surface area (Å²) in [5, 5.41) is 7.35. The smallest absolute Gasteiger partial charge is 0.269 e. The minimum absolute atomic E-state index is 0.0387. The van der Waals surface area contributed by atoms with Gasteiger partial charge in [-0.3, -0.25) is 4.79 Å². The monoisotopic (exact) mass is 274 g/mol. The molecule has 2 aromatic heterocycles. The summed E-state index contributed by atoms with van der Waals surface area (Å²) in [6, 6.07) is 1.53. The summed E-state index contributed by atoms with van der Waals surface area (Å²) in [4.78, 5) is 19.4. The Bertz CT molecular complexity index is 596. The lowest BCUT2D eigenvalue weighted by Crippen LogP contribution is -2.35. The van der Waals surface area contributed by atoms with Crippen molar-refractivity contribution < 1.29 is 4.79 Å². The molecular formula is C13H18N6O. The number of nitrogens with zero attached hydrogens (tertiary/aromatic N) is 4. The maximum absolute atomic E-state index is 11.0. The quantitative estimate of drug-likeness (QED) is 0.852. The van der Waals surface area contributed by atoms with E-state index in [0.29, 0.717) is 12.5 Å². The molecule has 0 radical (unpaired) electrons. The van der Waals surface area contributed by atoms with E-state index >= 15 is 0 Å². The Morgan fingerprint density at radius 3 is 2.50 bits per heavy atom. The third-order valence-electron chi connectivity index (χ3n) is 2.56. The predicted octanol–water partition coefficient (Wildman–Crippen LogP) is 0.649. The van der Waals surface area contributed by atoms with Gasteiger partial charge in [-0.15, -0.1) is 0 Å². The number of rotatable bonds is 4. The molecule has 7 nitrogen and oxygen atoms in total. The molecule has 3 N–H and O–H groups in total. The second kappa shape index (κ2) is 5.38. The third kappa shape index (κ3) is 3.61. The Morgan fingerprint density at radius 1 is 1.35 bits per heavy atom. The van der Waals surface area contributed by atoms with Crippen molar-refractivity contribution in [3.8, 4) is 5.95 Å². The lowest BCUT2D eigenvalue weighted by Gasteiger charge is -2.20. The van der Waals surface area contributed by atoms with Crippen LogP contribution in [0.2, 0.25) is 0 Å². The normalized spacial score (nSPS) is 11.6. The van der Waals surface area contributed by atoms with Crippen LogP contribution in [0.15, 0.2) is 24.7 Å². The molecule has 0 fully saturated rings. The number of carbonyl (C=O) groups is 1. The number of carbonyl (C=O) groups excluding carboxylic acids is 1. The van der Waals surface area contributed by atoms with Crippen molar-refractivity contribution in [1.29, 1.82) is 0 Å². The lowest BCUT2D eigenvalue weighted by atomic mass is 10.1. The summed E-state index contributed by atoms with van der Waals surface area (Å²) in [5.41, 5.74) is 6.35. The van der Waals surface area contributed by atoms with Crippen LogP contribution in [-0.4, -0.2) is 31.2 Å². The van der Waals surface area contributed by atoms with Gasteiger partial charge < -0.3 is 11.1 Å². The number of nitrogens with two attached hydrogens (primary N) is 1. The van der Waals surface area contributed by atoms with Gasteiger partial charge in [-0.1, -0.05) is 0 Å². The van der Waals surface area contributed by atoms with Gasteiger partial charge in [0, 0.05) is 36.2 Å². The van der Waals surface area contributed by atoms with Gasteiger partial charge in [-0.05, 0) is 26.8 Å². The van der Waals surface area contributed by atoms with Crippen LogP contribution in [0.4, 0.5) is 0 Å². The van der Waals surface area contributed by atoms with E-state index in [1.165, 1.54) is 10.7 Å². The predicted molar refractivity (Wildman–Crippen MR) is 74.3 cm³/mol. The second-order valence-electron chi connectivity index (χ2n) is 5.50. The topological polar surface area (TPSA) is 98.7 Å². The highest BCUT2D eigenvalue weighted by Crippen LogP contribution is 2.05. The SMILES string of the molecule is CC(C)(C)NCc1cnc(-n2ccc(C(N)=O)n2)nc1. The van der Waals surface area contributed by atoms with Gasteiger partial charge >= 0.3 is 0 Å². The van der Waals surface area contributed by atoms with Gasteiger partial charge in [0.25, 0.3) is 5.91 Å². The highest BCUT2D eigenvalue weighted by molar-refractivity contribution is 5.90. The van der Waals surface area contributed by atoms with Crippen LogP contribution in [0.5, 0.6) is 0 Å². The molecule has 106 valence electrons. The average molecular weight is 274 g/mol. The van der Waals surface area contributed by atoms with Crippen LogP contribution in [-0.2, 0) is 6.54 Å². The zero-order valence-electron chi connectivity index (χ0n) is 11.8. The molecular weight excluding hydrogens is 256 g/mol. The van der Waals surface area contributed by atoms with Crippen molar-refractivity contribution in [2.24, 2.45) is 5.73 Å². The fraction of sp³-hybridized carbons (Fsp3) is 0.385. The minimum Gasteiger partial charge on any atom is -0.364 e. The van der Waals surface area contributed by atoms with Crippen molar-refractivity contribution in [2.75, 3.05) is 0 Å². The van der Waals surface area contributed by atoms with E-state index in [2.05, 4.69) is 41.2 Å². The molecule has 0 aromatic carbocycles. The number of primary amides is 1. The summed E-state index contributed by atoms with van der Waals surface area (Å²) in [6.45, 7) is 6.97. The Balaban J connectivity index is 2.09. The maximum Gasteiger partial charge on any atom is 0.269 e. The van der Waals surface area contributed by atoms with E-state index in [0.717, 1.165) is 5.56 Å². The number of amides is 1. The molecule has 0 bridgehead atoms. The molecule has 0 aliphatic rings. The summed E-state index contributed by atoms with van der Waals surface area (Å²) >= 11 is 0. The van der Waals surface area contributed by atoms with Gasteiger partial charge in [0.05, 0.1) is 0 Å². The van der Waals surface area contributed by atoms with Crippen molar-refractivity contribution in [2.45, 2.75) is 32.9 Å². The molecule has 0 saturated carbocycles. The van der Waals surface area contributed by atoms with Crippen molar-refractivity contribution >= 4 is 5.91 Å². The third-order valence-corrected chi connectivity index (χ3v) is 2.56. The molecule has 0 aliphatic carbocycles. The molecule has 7 heteroatoms. The second-order valence-corrected chi connectivity index (χ2v) is 5.50. The number of hydrogen-bond donors (Lipinski definition) is 2. The molecule has 0 spiro atoms.